The zero-order valence-electron chi connectivity index (χ0n) is 21.2. The number of nitrogens with one attached hydrogen (secondary N) is 1. The summed E-state index contributed by atoms with van der Waals surface area (Å²) in [5.41, 5.74) is 0.976. The molecule has 1 aromatic heterocycles. The molecule has 38 heavy (non-hydrogen) atoms. The number of H-pyrrole nitrogens is 1. The maximum atomic E-state index is 12.6. The average Bonchev–Trinajstić information content (AvgIpc) is 3.37. The number of aryl methyl sites for hydroxylation is 1. The van der Waals surface area contributed by atoms with Gasteiger partial charge >= 0.3 is 5.69 Å². The standard InChI is InChI=1S/C30H30N2O6/c1-20-18-32(29(35)31-28(20)34)27-17-25(26(19-33)37-27)38-30(21-9-5-3-6-10-21,22-11-7-4-8-12-22)23-13-15-24(36-2)16-14-23/h3-16,18,25-27,33H,17,19H2,1-2H3,(H,31,34,35)/t25-,26-,27-/m1/s1. The molecular weight excluding hydrogens is 484 g/mol. The van der Waals surface area contributed by atoms with Gasteiger partial charge in [0.25, 0.3) is 5.56 Å². The first-order chi connectivity index (χ1) is 18.5. The first-order valence-electron chi connectivity index (χ1n) is 12.5. The third kappa shape index (κ3) is 4.69. The number of ether oxygens (including phenoxy) is 3. The normalized spacial score (nSPS) is 19.4. The fraction of sp³-hybridized carbons (Fsp3) is 0.267. The van der Waals surface area contributed by atoms with Crippen LogP contribution in [0, 0.1) is 6.92 Å². The van der Waals surface area contributed by atoms with Gasteiger partial charge in [-0.15, -0.1) is 0 Å². The van der Waals surface area contributed by atoms with Crippen LogP contribution in [0.4, 0.5) is 0 Å². The van der Waals surface area contributed by atoms with Crippen molar-refractivity contribution >= 4 is 0 Å². The molecular formula is C30H30N2O6. The lowest BCUT2D eigenvalue weighted by Gasteiger charge is -2.39. The Morgan fingerprint density at radius 1 is 0.947 bits per heavy atom. The van der Waals surface area contributed by atoms with Crippen molar-refractivity contribution in [2.24, 2.45) is 0 Å². The summed E-state index contributed by atoms with van der Waals surface area (Å²) in [5.74, 6) is 0.717. The van der Waals surface area contributed by atoms with E-state index in [4.69, 9.17) is 14.2 Å². The maximum Gasteiger partial charge on any atom is 0.330 e. The second-order valence-electron chi connectivity index (χ2n) is 9.32. The smallest absolute Gasteiger partial charge is 0.330 e. The summed E-state index contributed by atoms with van der Waals surface area (Å²) in [7, 11) is 1.62. The fourth-order valence-corrected chi connectivity index (χ4v) is 5.06. The van der Waals surface area contributed by atoms with Crippen LogP contribution in [0.1, 0.15) is 34.9 Å². The van der Waals surface area contributed by atoms with E-state index in [0.29, 0.717) is 11.3 Å². The Balaban J connectivity index is 1.63. The number of methoxy groups -OCH3 is 1. The predicted molar refractivity (Wildman–Crippen MR) is 142 cm³/mol. The van der Waals surface area contributed by atoms with Crippen LogP contribution in [-0.2, 0) is 15.1 Å². The topological polar surface area (TPSA) is 103 Å². The van der Waals surface area contributed by atoms with Crippen molar-refractivity contribution in [2.75, 3.05) is 13.7 Å². The zero-order valence-corrected chi connectivity index (χ0v) is 21.2. The van der Waals surface area contributed by atoms with E-state index in [0.717, 1.165) is 16.7 Å². The molecule has 0 aliphatic carbocycles. The van der Waals surface area contributed by atoms with E-state index >= 15 is 0 Å². The molecule has 2 N–H and O–H groups in total. The van der Waals surface area contributed by atoms with Gasteiger partial charge in [-0.25, -0.2) is 4.79 Å². The molecule has 1 saturated heterocycles. The van der Waals surface area contributed by atoms with Gasteiger partial charge in [-0.05, 0) is 35.7 Å². The SMILES string of the molecule is COc1ccc(C(O[C@@H]2C[C@H](n3cc(C)c(=O)[nH]c3=O)O[C@@H]2CO)(c2ccccc2)c2ccccc2)cc1. The molecule has 0 radical (unpaired) electrons. The molecule has 0 spiro atoms. The van der Waals surface area contributed by atoms with Crippen molar-refractivity contribution in [2.45, 2.75) is 37.4 Å². The molecule has 0 unspecified atom stereocenters. The number of aliphatic hydroxyl groups excluding tert-OH is 1. The van der Waals surface area contributed by atoms with Gasteiger partial charge in [-0.3, -0.25) is 14.3 Å². The largest absolute Gasteiger partial charge is 0.497 e. The number of rotatable bonds is 8. The summed E-state index contributed by atoms with van der Waals surface area (Å²) in [6.07, 6.45) is -0.252. The highest BCUT2D eigenvalue weighted by atomic mass is 16.6. The van der Waals surface area contributed by atoms with Crippen LogP contribution in [0.2, 0.25) is 0 Å². The van der Waals surface area contributed by atoms with Crippen LogP contribution in [0.5, 0.6) is 5.75 Å². The number of benzene rings is 3. The third-order valence-corrected chi connectivity index (χ3v) is 7.00. The Morgan fingerprint density at radius 3 is 2.08 bits per heavy atom. The Kier molecular flexibility index (Phi) is 7.28. The lowest BCUT2D eigenvalue weighted by atomic mass is 9.79. The summed E-state index contributed by atoms with van der Waals surface area (Å²) in [5, 5.41) is 10.3. The number of nitrogens with zero attached hydrogens (tertiary/aromatic N) is 1. The molecule has 196 valence electrons. The Hall–Kier alpha value is -3.98. The first-order valence-corrected chi connectivity index (χ1v) is 12.5. The van der Waals surface area contributed by atoms with Gasteiger partial charge in [0.2, 0.25) is 0 Å². The molecule has 1 aliphatic rings. The number of aromatic amines is 1. The summed E-state index contributed by atoms with van der Waals surface area (Å²) >= 11 is 0. The third-order valence-electron chi connectivity index (χ3n) is 7.00. The molecule has 8 nitrogen and oxygen atoms in total. The van der Waals surface area contributed by atoms with E-state index in [1.165, 1.54) is 10.8 Å². The van der Waals surface area contributed by atoms with E-state index in [9.17, 15) is 14.7 Å². The number of aromatic nitrogens is 2. The molecule has 2 heterocycles. The molecule has 8 heteroatoms. The number of hydrogen-bond acceptors (Lipinski definition) is 6. The molecule has 5 rings (SSSR count). The maximum absolute atomic E-state index is 12.6. The van der Waals surface area contributed by atoms with E-state index < -0.39 is 35.3 Å². The van der Waals surface area contributed by atoms with E-state index in [1.807, 2.05) is 84.9 Å². The summed E-state index contributed by atoms with van der Waals surface area (Å²) in [4.78, 5) is 26.8. The first kappa shape index (κ1) is 25.7. The van der Waals surface area contributed by atoms with Gasteiger partial charge < -0.3 is 19.3 Å². The molecule has 3 atom stereocenters. The highest BCUT2D eigenvalue weighted by Gasteiger charge is 2.46. The van der Waals surface area contributed by atoms with E-state index in [-0.39, 0.29) is 13.0 Å². The lowest BCUT2D eigenvalue weighted by molar-refractivity contribution is -0.0994. The van der Waals surface area contributed by atoms with Crippen LogP contribution in [0.3, 0.4) is 0 Å². The number of hydrogen-bond donors (Lipinski definition) is 2. The molecule has 4 aromatic rings. The quantitative estimate of drug-likeness (QED) is 0.349. The second-order valence-corrected chi connectivity index (χ2v) is 9.32. The van der Waals surface area contributed by atoms with Crippen molar-refractivity contribution < 1.29 is 19.3 Å². The van der Waals surface area contributed by atoms with Crippen molar-refractivity contribution in [1.82, 2.24) is 9.55 Å². The van der Waals surface area contributed by atoms with Crippen molar-refractivity contribution in [3.05, 3.63) is 134 Å². The molecule has 3 aromatic carbocycles. The molecule has 0 saturated carbocycles. The van der Waals surface area contributed by atoms with Crippen LogP contribution in [-0.4, -0.2) is 40.6 Å². The van der Waals surface area contributed by atoms with Gasteiger partial charge in [0.15, 0.2) is 0 Å². The zero-order chi connectivity index (χ0) is 26.7. The summed E-state index contributed by atoms with van der Waals surface area (Å²) < 4.78 is 19.9. The molecule has 0 bridgehead atoms. The summed E-state index contributed by atoms with van der Waals surface area (Å²) in [6.45, 7) is 1.32. The fourth-order valence-electron chi connectivity index (χ4n) is 5.06. The van der Waals surface area contributed by atoms with Gasteiger partial charge in [-0.2, -0.15) is 0 Å². The van der Waals surface area contributed by atoms with Crippen molar-refractivity contribution in [1.29, 1.82) is 0 Å². The Morgan fingerprint density at radius 2 is 1.53 bits per heavy atom. The van der Waals surface area contributed by atoms with Crippen molar-refractivity contribution in [3.63, 3.8) is 0 Å². The van der Waals surface area contributed by atoms with Crippen LogP contribution >= 0.6 is 0 Å². The summed E-state index contributed by atoms with van der Waals surface area (Å²) in [6, 6.07) is 27.5. The Labute approximate surface area is 220 Å². The van der Waals surface area contributed by atoms with Gasteiger partial charge in [0, 0.05) is 18.2 Å². The van der Waals surface area contributed by atoms with Crippen LogP contribution in [0.15, 0.2) is 101 Å². The minimum atomic E-state index is -1.06. The van der Waals surface area contributed by atoms with Gasteiger partial charge in [0.05, 0.1) is 19.8 Å². The average molecular weight is 515 g/mol. The van der Waals surface area contributed by atoms with Gasteiger partial charge in [0.1, 0.15) is 23.7 Å². The van der Waals surface area contributed by atoms with Crippen LogP contribution < -0.4 is 16.0 Å². The minimum Gasteiger partial charge on any atom is -0.497 e. The van der Waals surface area contributed by atoms with Crippen LogP contribution in [0.25, 0.3) is 0 Å². The lowest BCUT2D eigenvalue weighted by Crippen LogP contribution is -2.40. The monoisotopic (exact) mass is 514 g/mol. The minimum absolute atomic E-state index is 0.286. The van der Waals surface area contributed by atoms with Gasteiger partial charge in [-0.1, -0.05) is 72.8 Å². The highest BCUT2D eigenvalue weighted by Crippen LogP contribution is 2.45. The predicted octanol–water partition coefficient (Wildman–Crippen LogP) is 3.51. The molecule has 0 amide bonds. The van der Waals surface area contributed by atoms with E-state index in [2.05, 4.69) is 4.98 Å². The van der Waals surface area contributed by atoms with Crippen molar-refractivity contribution in [3.8, 4) is 5.75 Å². The Bertz CT molecular complexity index is 1440. The molecule has 1 aliphatic heterocycles. The highest BCUT2D eigenvalue weighted by molar-refractivity contribution is 5.48. The number of aliphatic hydroxyl groups is 1. The second kappa shape index (κ2) is 10.8. The molecule has 1 fully saturated rings. The van der Waals surface area contributed by atoms with E-state index in [1.54, 1.807) is 14.0 Å².